The van der Waals surface area contributed by atoms with Crippen LogP contribution in [0.1, 0.15) is 30.8 Å². The summed E-state index contributed by atoms with van der Waals surface area (Å²) in [5.41, 5.74) is 6.65. The average molecular weight is 226 g/mol. The van der Waals surface area contributed by atoms with Crippen LogP contribution in [-0.2, 0) is 16.0 Å². The summed E-state index contributed by atoms with van der Waals surface area (Å²) >= 11 is 0. The zero-order valence-corrected chi connectivity index (χ0v) is 9.93. The largest absolute Gasteiger partial charge is 0.382 e. The number of methoxy groups -OCH3 is 1. The van der Waals surface area contributed by atoms with Gasteiger partial charge in [-0.3, -0.25) is 4.79 Å². The van der Waals surface area contributed by atoms with Crippen molar-refractivity contribution in [3.05, 3.63) is 11.4 Å². The zero-order chi connectivity index (χ0) is 12.1. The lowest BCUT2D eigenvalue weighted by molar-refractivity contribution is -0.117. The highest BCUT2D eigenvalue weighted by molar-refractivity contribution is 5.76. The molecule has 0 aliphatic carbocycles. The minimum atomic E-state index is -0.394. The van der Waals surface area contributed by atoms with Crippen molar-refractivity contribution in [1.82, 2.24) is 15.0 Å². The standard InChI is InChI=1S/C10H18N4O2/c1-4-8(6-16-3)14-7(2)9(12-13-14)5-10(11)15/h8H,4-6H2,1-3H3,(H2,11,15). The molecule has 0 spiro atoms. The molecule has 0 aliphatic heterocycles. The fourth-order valence-electron chi connectivity index (χ4n) is 1.60. The molecule has 1 amide bonds. The van der Waals surface area contributed by atoms with E-state index in [-0.39, 0.29) is 12.5 Å². The third-order valence-electron chi connectivity index (χ3n) is 2.54. The fraction of sp³-hybridized carbons (Fsp3) is 0.700. The molecular weight excluding hydrogens is 208 g/mol. The highest BCUT2D eigenvalue weighted by atomic mass is 16.5. The molecule has 0 aromatic carbocycles. The van der Waals surface area contributed by atoms with Gasteiger partial charge in [-0.2, -0.15) is 0 Å². The summed E-state index contributed by atoms with van der Waals surface area (Å²) in [6.45, 7) is 4.52. The highest BCUT2D eigenvalue weighted by Crippen LogP contribution is 2.15. The molecule has 1 aromatic rings. The molecule has 1 heterocycles. The maximum atomic E-state index is 10.8. The molecule has 1 aromatic heterocycles. The summed E-state index contributed by atoms with van der Waals surface area (Å²) in [5, 5.41) is 8.00. The quantitative estimate of drug-likeness (QED) is 0.751. The Kier molecular flexibility index (Phi) is 4.42. The molecule has 0 aliphatic rings. The van der Waals surface area contributed by atoms with E-state index in [1.165, 1.54) is 0 Å². The summed E-state index contributed by atoms with van der Waals surface area (Å²) in [5.74, 6) is -0.394. The molecule has 2 N–H and O–H groups in total. The lowest BCUT2D eigenvalue weighted by Gasteiger charge is -2.15. The second-order valence-electron chi connectivity index (χ2n) is 3.73. The Labute approximate surface area is 94.8 Å². The number of nitrogens with two attached hydrogens (primary N) is 1. The van der Waals surface area contributed by atoms with Gasteiger partial charge in [0.15, 0.2) is 0 Å². The minimum absolute atomic E-state index is 0.134. The van der Waals surface area contributed by atoms with Gasteiger partial charge in [0.2, 0.25) is 5.91 Å². The first kappa shape index (κ1) is 12.6. The van der Waals surface area contributed by atoms with Gasteiger partial charge < -0.3 is 10.5 Å². The van der Waals surface area contributed by atoms with E-state index in [0.29, 0.717) is 12.3 Å². The molecule has 0 radical (unpaired) electrons. The van der Waals surface area contributed by atoms with Gasteiger partial charge in [-0.1, -0.05) is 12.1 Å². The van der Waals surface area contributed by atoms with Crippen molar-refractivity contribution in [3.63, 3.8) is 0 Å². The predicted octanol–water partition coefficient (Wildman–Crippen LogP) is 0.212. The van der Waals surface area contributed by atoms with E-state index < -0.39 is 5.91 Å². The van der Waals surface area contributed by atoms with Crippen LogP contribution < -0.4 is 5.73 Å². The number of primary amides is 1. The van der Waals surface area contributed by atoms with Crippen LogP contribution in [0.3, 0.4) is 0 Å². The van der Waals surface area contributed by atoms with Crippen molar-refractivity contribution >= 4 is 5.91 Å². The van der Waals surface area contributed by atoms with Crippen LogP contribution in [0, 0.1) is 6.92 Å². The molecular formula is C10H18N4O2. The number of amides is 1. The van der Waals surface area contributed by atoms with Gasteiger partial charge in [0.25, 0.3) is 0 Å². The van der Waals surface area contributed by atoms with Crippen molar-refractivity contribution < 1.29 is 9.53 Å². The van der Waals surface area contributed by atoms with E-state index in [1.54, 1.807) is 11.8 Å². The van der Waals surface area contributed by atoms with Gasteiger partial charge in [-0.25, -0.2) is 4.68 Å². The molecule has 1 atom stereocenters. The van der Waals surface area contributed by atoms with Crippen molar-refractivity contribution in [2.45, 2.75) is 32.7 Å². The molecule has 6 heteroatoms. The Morgan fingerprint density at radius 3 is 2.81 bits per heavy atom. The van der Waals surface area contributed by atoms with Crippen molar-refractivity contribution in [2.24, 2.45) is 5.73 Å². The molecule has 0 saturated carbocycles. The summed E-state index contributed by atoms with van der Waals surface area (Å²) in [7, 11) is 1.65. The first-order valence-electron chi connectivity index (χ1n) is 5.28. The van der Waals surface area contributed by atoms with E-state index in [0.717, 1.165) is 12.1 Å². The van der Waals surface area contributed by atoms with Gasteiger partial charge in [0.1, 0.15) is 0 Å². The Hall–Kier alpha value is -1.43. The van der Waals surface area contributed by atoms with E-state index in [9.17, 15) is 4.79 Å². The Balaban J connectivity index is 2.88. The first-order valence-corrected chi connectivity index (χ1v) is 5.28. The topological polar surface area (TPSA) is 83.0 Å². The van der Waals surface area contributed by atoms with Crippen LogP contribution in [0.25, 0.3) is 0 Å². The number of nitrogens with zero attached hydrogens (tertiary/aromatic N) is 3. The van der Waals surface area contributed by atoms with E-state index in [4.69, 9.17) is 10.5 Å². The summed E-state index contributed by atoms with van der Waals surface area (Å²) in [6.07, 6.45) is 1.03. The number of carbonyl (C=O) groups excluding carboxylic acids is 1. The fourth-order valence-corrected chi connectivity index (χ4v) is 1.60. The molecule has 90 valence electrons. The van der Waals surface area contributed by atoms with Gasteiger partial charge >= 0.3 is 0 Å². The second kappa shape index (κ2) is 5.60. The number of aromatic nitrogens is 3. The zero-order valence-electron chi connectivity index (χ0n) is 9.93. The second-order valence-corrected chi connectivity index (χ2v) is 3.73. The maximum absolute atomic E-state index is 10.8. The summed E-state index contributed by atoms with van der Waals surface area (Å²) in [6, 6.07) is 0.152. The van der Waals surface area contributed by atoms with Crippen LogP contribution in [0.15, 0.2) is 0 Å². The first-order chi connectivity index (χ1) is 7.60. The monoisotopic (exact) mass is 226 g/mol. The lowest BCUT2D eigenvalue weighted by atomic mass is 10.2. The molecule has 0 saturated heterocycles. The molecule has 16 heavy (non-hydrogen) atoms. The van der Waals surface area contributed by atoms with Crippen LogP contribution in [0.5, 0.6) is 0 Å². The number of hydrogen-bond donors (Lipinski definition) is 1. The molecule has 1 unspecified atom stereocenters. The van der Waals surface area contributed by atoms with Gasteiger partial charge in [0.05, 0.1) is 30.5 Å². The Morgan fingerprint density at radius 2 is 2.31 bits per heavy atom. The maximum Gasteiger partial charge on any atom is 0.223 e. The van der Waals surface area contributed by atoms with Gasteiger partial charge in [-0.15, -0.1) is 5.10 Å². The number of carbonyl (C=O) groups is 1. The SMILES string of the molecule is CCC(COC)n1nnc(CC(N)=O)c1C. The molecule has 1 rings (SSSR count). The third kappa shape index (κ3) is 2.79. The number of ether oxygens (including phenoxy) is 1. The number of rotatable bonds is 6. The van der Waals surface area contributed by atoms with Crippen LogP contribution in [0.2, 0.25) is 0 Å². The van der Waals surface area contributed by atoms with E-state index >= 15 is 0 Å². The van der Waals surface area contributed by atoms with Crippen molar-refractivity contribution in [1.29, 1.82) is 0 Å². The van der Waals surface area contributed by atoms with E-state index in [2.05, 4.69) is 17.2 Å². The molecule has 6 nitrogen and oxygen atoms in total. The third-order valence-corrected chi connectivity index (χ3v) is 2.54. The molecule has 0 bridgehead atoms. The summed E-state index contributed by atoms with van der Waals surface area (Å²) in [4.78, 5) is 10.8. The lowest BCUT2D eigenvalue weighted by Crippen LogP contribution is -2.18. The smallest absolute Gasteiger partial charge is 0.223 e. The van der Waals surface area contributed by atoms with Crippen molar-refractivity contribution in [3.8, 4) is 0 Å². The highest BCUT2D eigenvalue weighted by Gasteiger charge is 2.16. The van der Waals surface area contributed by atoms with Crippen LogP contribution >= 0.6 is 0 Å². The Morgan fingerprint density at radius 1 is 1.62 bits per heavy atom. The summed E-state index contributed by atoms with van der Waals surface area (Å²) < 4.78 is 6.91. The normalized spacial score (nSPS) is 12.7. The molecule has 0 fully saturated rings. The van der Waals surface area contributed by atoms with Gasteiger partial charge in [-0.05, 0) is 13.3 Å². The van der Waals surface area contributed by atoms with Crippen molar-refractivity contribution in [2.75, 3.05) is 13.7 Å². The minimum Gasteiger partial charge on any atom is -0.382 e. The van der Waals surface area contributed by atoms with Crippen LogP contribution in [-0.4, -0.2) is 34.6 Å². The van der Waals surface area contributed by atoms with E-state index in [1.807, 2.05) is 6.92 Å². The number of hydrogen-bond acceptors (Lipinski definition) is 4. The predicted molar refractivity (Wildman–Crippen MR) is 58.9 cm³/mol. The van der Waals surface area contributed by atoms with Gasteiger partial charge in [0, 0.05) is 7.11 Å². The van der Waals surface area contributed by atoms with Crippen LogP contribution in [0.4, 0.5) is 0 Å². The average Bonchev–Trinajstić information content (AvgIpc) is 2.57. The Bertz CT molecular complexity index is 362.